The number of amides is 1. The second-order valence-electron chi connectivity index (χ2n) is 10.7. The molecule has 22 heteroatoms. The van der Waals surface area contributed by atoms with Gasteiger partial charge in [0, 0.05) is 45.7 Å². The molecule has 52 heavy (non-hydrogen) atoms. The Morgan fingerprint density at radius 3 is 2.00 bits per heavy atom. The number of hydrogen-bond donors (Lipinski definition) is 1. The van der Waals surface area contributed by atoms with Gasteiger partial charge in [-0.05, 0) is 23.2 Å². The van der Waals surface area contributed by atoms with Crippen molar-refractivity contribution in [1.82, 2.24) is 5.32 Å². The fourth-order valence-corrected chi connectivity index (χ4v) is 5.16. The van der Waals surface area contributed by atoms with Crippen LogP contribution in [0.3, 0.4) is 0 Å². The highest BCUT2D eigenvalue weighted by Crippen LogP contribution is 2.32. The van der Waals surface area contributed by atoms with Crippen LogP contribution < -0.4 is 10.1 Å². The summed E-state index contributed by atoms with van der Waals surface area (Å²) in [5.41, 5.74) is 7.78. The fourth-order valence-electron chi connectivity index (χ4n) is 4.58. The first-order chi connectivity index (χ1) is 24.6. The van der Waals surface area contributed by atoms with E-state index in [1.165, 1.54) is 0 Å². The maximum absolute atomic E-state index is 13.6. The molecule has 1 N–H and O–H groups in total. The van der Waals surface area contributed by atoms with Crippen molar-refractivity contribution >= 4 is 40.0 Å². The highest BCUT2D eigenvalue weighted by molar-refractivity contribution is 7.85. The summed E-state index contributed by atoms with van der Waals surface area (Å²) in [6.45, 7) is 5.01. The number of rotatable bonds is 22. The van der Waals surface area contributed by atoms with Gasteiger partial charge in [0.1, 0.15) is 24.2 Å². The summed E-state index contributed by atoms with van der Waals surface area (Å²) in [5.74, 6) is -5.56. The number of azide groups is 1. The molecular weight excluding hydrogens is 723 g/mol. The molecule has 1 heterocycles. The number of hydrogen-bond acceptors (Lipinski definition) is 17. The minimum absolute atomic E-state index is 0.0200. The number of nitrogens with one attached hydrogen (secondary N) is 1. The molecule has 5 atom stereocenters. The Bertz CT molecular complexity index is 1540. The molecule has 1 fully saturated rings. The molecule has 0 saturated carbocycles. The second kappa shape index (κ2) is 22.4. The summed E-state index contributed by atoms with van der Waals surface area (Å²) >= 11 is 0. The minimum atomic E-state index is -5.02. The van der Waals surface area contributed by atoms with Gasteiger partial charge in [-0.1, -0.05) is 11.2 Å². The predicted molar refractivity (Wildman–Crippen MR) is 172 cm³/mol. The van der Waals surface area contributed by atoms with Crippen LogP contribution in [-0.4, -0.2) is 128 Å². The molecule has 1 aliphatic rings. The van der Waals surface area contributed by atoms with Gasteiger partial charge in [-0.3, -0.25) is 24.0 Å². The van der Waals surface area contributed by atoms with Crippen LogP contribution in [0.2, 0.25) is 0 Å². The van der Waals surface area contributed by atoms with E-state index in [1.807, 2.05) is 0 Å². The Morgan fingerprint density at radius 2 is 1.42 bits per heavy atom. The van der Waals surface area contributed by atoms with E-state index in [9.17, 15) is 36.3 Å². The molecule has 1 aliphatic heterocycles. The Morgan fingerprint density at radius 1 is 0.846 bits per heavy atom. The van der Waals surface area contributed by atoms with Gasteiger partial charge in [0.25, 0.3) is 5.91 Å². The molecule has 1 aromatic rings. The van der Waals surface area contributed by atoms with Gasteiger partial charge >= 0.3 is 34.1 Å². The Kier molecular flexibility index (Phi) is 18.7. The summed E-state index contributed by atoms with van der Waals surface area (Å²) < 4.78 is 85.3. The van der Waals surface area contributed by atoms with Crippen LogP contribution in [-0.2, 0) is 73.0 Å². The Hall–Kier alpha value is -4.60. The number of carbonyl (C=O) groups excluding carboxylic acids is 5. The van der Waals surface area contributed by atoms with Gasteiger partial charge in [-0.25, -0.2) is 0 Å². The lowest BCUT2D eigenvalue weighted by molar-refractivity contribution is -0.288. The second-order valence-corrected chi connectivity index (χ2v) is 12.1. The van der Waals surface area contributed by atoms with Crippen LogP contribution in [0.5, 0.6) is 5.75 Å². The van der Waals surface area contributed by atoms with E-state index < -0.39 is 83.1 Å². The van der Waals surface area contributed by atoms with Gasteiger partial charge in [0.2, 0.25) is 12.4 Å². The molecular formula is C30H41FN4O16S. The minimum Gasteiger partial charge on any atom is -0.463 e. The first-order valence-corrected chi connectivity index (χ1v) is 17.2. The number of ether oxygens (including phenoxy) is 9. The quantitative estimate of drug-likeness (QED) is 0.0329. The summed E-state index contributed by atoms with van der Waals surface area (Å²) in [4.78, 5) is 63.9. The van der Waals surface area contributed by atoms with Crippen molar-refractivity contribution in [2.75, 3.05) is 59.3 Å². The van der Waals surface area contributed by atoms with Gasteiger partial charge in [0.15, 0.2) is 12.2 Å². The summed E-state index contributed by atoms with van der Waals surface area (Å²) in [6, 6.07) is 3.34. The predicted octanol–water partition coefficient (Wildman–Crippen LogP) is 1.04. The van der Waals surface area contributed by atoms with Crippen molar-refractivity contribution in [3.05, 3.63) is 39.8 Å². The van der Waals surface area contributed by atoms with Crippen LogP contribution in [0, 0.1) is 0 Å². The van der Waals surface area contributed by atoms with Crippen molar-refractivity contribution in [3.8, 4) is 5.75 Å². The standard InChI is InChI=1S/C30H41FN4O16S/c1-18(36)46-16-25-26(47-19(2)37)27(48-20(3)38)28(49-21(4)39)30(51-25)50-24-6-5-22(17-52(31,41)42)15-23(24)29(40)33-7-9-43-11-13-45-14-12-44-10-8-34-35-32/h5-6,15,25-28,30H,7-14,16-17H2,1-4H3,(H,33,40)/t25-,26+,27+,28-,30-/m1/s1. The SMILES string of the molecule is CC(=O)OC[C@H]1O[C@@H](Oc2ccc(CS(=O)(=O)F)cc2C(=O)NCCOCCOCCOCCN=[N+]=[N-])[C@H](OC(C)=O)[C@@H](OC(C)=O)[C@H]1OC(C)=O. The van der Waals surface area contributed by atoms with E-state index in [-0.39, 0.29) is 69.6 Å². The monoisotopic (exact) mass is 764 g/mol. The first-order valence-electron chi connectivity index (χ1n) is 15.7. The van der Waals surface area contributed by atoms with Gasteiger partial charge in [-0.15, -0.1) is 3.89 Å². The van der Waals surface area contributed by atoms with Crippen molar-refractivity contribution in [3.63, 3.8) is 0 Å². The summed E-state index contributed by atoms with van der Waals surface area (Å²) in [7, 11) is -5.02. The maximum Gasteiger partial charge on any atom is 0.306 e. The lowest BCUT2D eigenvalue weighted by atomic mass is 9.98. The van der Waals surface area contributed by atoms with Crippen molar-refractivity contribution in [2.24, 2.45) is 5.11 Å². The topological polar surface area (TPSA) is 263 Å². The van der Waals surface area contributed by atoms with E-state index in [0.717, 1.165) is 45.9 Å². The lowest BCUT2D eigenvalue weighted by Gasteiger charge is -2.44. The average Bonchev–Trinajstić information content (AvgIpc) is 3.04. The van der Waals surface area contributed by atoms with Crippen LogP contribution >= 0.6 is 0 Å². The third-order valence-corrected chi connectivity index (χ3v) is 7.17. The van der Waals surface area contributed by atoms with Crippen LogP contribution in [0.25, 0.3) is 10.4 Å². The molecule has 0 bridgehead atoms. The third-order valence-electron chi connectivity index (χ3n) is 6.49. The smallest absolute Gasteiger partial charge is 0.306 e. The molecule has 0 aromatic heterocycles. The first kappa shape index (κ1) is 43.6. The van der Waals surface area contributed by atoms with E-state index in [2.05, 4.69) is 15.3 Å². The van der Waals surface area contributed by atoms with Crippen molar-refractivity contribution in [1.29, 1.82) is 0 Å². The molecule has 290 valence electrons. The molecule has 1 amide bonds. The van der Waals surface area contributed by atoms with Crippen LogP contribution in [0.1, 0.15) is 43.6 Å². The molecule has 2 rings (SSSR count). The largest absolute Gasteiger partial charge is 0.463 e. The Labute approximate surface area is 298 Å². The number of esters is 4. The van der Waals surface area contributed by atoms with Crippen LogP contribution in [0.4, 0.5) is 3.89 Å². The zero-order valence-electron chi connectivity index (χ0n) is 28.8. The number of nitrogens with zero attached hydrogens (tertiary/aromatic N) is 3. The van der Waals surface area contributed by atoms with E-state index in [0.29, 0.717) is 0 Å². The maximum atomic E-state index is 13.6. The average molecular weight is 765 g/mol. The summed E-state index contributed by atoms with van der Waals surface area (Å²) in [6.07, 6.45) is -7.77. The Balaban J connectivity index is 2.27. The highest BCUT2D eigenvalue weighted by Gasteiger charge is 2.53. The number of carbonyl (C=O) groups is 5. The summed E-state index contributed by atoms with van der Waals surface area (Å²) in [5, 5.41) is 5.89. The van der Waals surface area contributed by atoms with Crippen LogP contribution in [0.15, 0.2) is 23.3 Å². The number of benzene rings is 1. The van der Waals surface area contributed by atoms with Crippen molar-refractivity contribution in [2.45, 2.75) is 64.2 Å². The molecule has 0 unspecified atom stereocenters. The zero-order chi connectivity index (χ0) is 38.7. The molecule has 20 nitrogen and oxygen atoms in total. The number of halogens is 1. The normalized spacial score (nSPS) is 19.8. The van der Waals surface area contributed by atoms with Gasteiger partial charge in [0.05, 0.1) is 45.2 Å². The van der Waals surface area contributed by atoms with E-state index >= 15 is 0 Å². The molecule has 0 aliphatic carbocycles. The fraction of sp³-hybridized carbons (Fsp3) is 0.633. The molecule has 1 saturated heterocycles. The van der Waals surface area contributed by atoms with Gasteiger partial charge in [-0.2, -0.15) is 8.42 Å². The molecule has 0 spiro atoms. The lowest BCUT2D eigenvalue weighted by Crippen LogP contribution is -2.63. The molecule has 0 radical (unpaired) electrons. The van der Waals surface area contributed by atoms with E-state index in [4.69, 9.17) is 48.2 Å². The third kappa shape index (κ3) is 16.6. The van der Waals surface area contributed by atoms with Crippen molar-refractivity contribution < 1.29 is 78.9 Å². The highest BCUT2D eigenvalue weighted by atomic mass is 32.3. The molecule has 1 aromatic carbocycles. The van der Waals surface area contributed by atoms with E-state index in [1.54, 1.807) is 0 Å². The zero-order valence-corrected chi connectivity index (χ0v) is 29.7. The van der Waals surface area contributed by atoms with Gasteiger partial charge < -0.3 is 47.9 Å².